The van der Waals surface area contributed by atoms with Crippen LogP contribution in [0.5, 0.6) is 0 Å². The smallest absolute Gasteiger partial charge is 0.403 e. The van der Waals surface area contributed by atoms with Gasteiger partial charge in [0.15, 0.2) is 5.92 Å². The summed E-state index contributed by atoms with van der Waals surface area (Å²) in [6, 6.07) is 5.07. The minimum Gasteiger partial charge on any atom is -0.481 e. The third-order valence-corrected chi connectivity index (χ3v) is 2.89. The second-order valence-electron chi connectivity index (χ2n) is 4.71. The fraction of sp³-hybridized carbons (Fsp3) is 0.462. The Morgan fingerprint density at radius 1 is 1.40 bits per heavy atom. The lowest BCUT2D eigenvalue weighted by Gasteiger charge is -2.20. The van der Waals surface area contributed by atoms with Crippen LogP contribution in [0.25, 0.3) is 0 Å². The summed E-state index contributed by atoms with van der Waals surface area (Å²) >= 11 is 0. The van der Waals surface area contributed by atoms with E-state index in [0.29, 0.717) is 5.69 Å². The molecule has 0 saturated heterocycles. The summed E-state index contributed by atoms with van der Waals surface area (Å²) < 4.78 is 37.5. The maximum Gasteiger partial charge on any atom is 0.403 e. The van der Waals surface area contributed by atoms with E-state index in [4.69, 9.17) is 5.11 Å². The van der Waals surface area contributed by atoms with Crippen LogP contribution < -0.4 is 10.2 Å². The van der Waals surface area contributed by atoms with E-state index in [1.807, 2.05) is 25.9 Å². The molecule has 0 saturated carbocycles. The van der Waals surface area contributed by atoms with Crippen LogP contribution in [0.2, 0.25) is 0 Å². The first kappa shape index (κ1) is 16.1. The highest BCUT2D eigenvalue weighted by Crippen LogP contribution is 2.28. The van der Waals surface area contributed by atoms with Crippen LogP contribution in [0.4, 0.5) is 24.5 Å². The Labute approximate surface area is 115 Å². The standard InChI is InChI=1S/C13H17F3N2O2/c1-8-4-5-9(6-11(8)18(2)3)17-7-10(12(19)20)13(14,15)16/h4-6,10,17H,7H2,1-3H3,(H,19,20). The molecule has 7 heteroatoms. The van der Waals surface area contributed by atoms with Gasteiger partial charge in [0.05, 0.1) is 0 Å². The maximum absolute atomic E-state index is 12.5. The lowest BCUT2D eigenvalue weighted by atomic mass is 10.1. The number of halogens is 3. The predicted octanol–water partition coefficient (Wildman–Crippen LogP) is 2.74. The molecule has 0 aliphatic rings. The van der Waals surface area contributed by atoms with E-state index < -0.39 is 24.6 Å². The number of alkyl halides is 3. The first-order chi connectivity index (χ1) is 9.12. The van der Waals surface area contributed by atoms with Crippen LogP contribution >= 0.6 is 0 Å². The highest BCUT2D eigenvalue weighted by molar-refractivity contribution is 5.72. The van der Waals surface area contributed by atoms with Crippen molar-refractivity contribution in [1.82, 2.24) is 0 Å². The fourth-order valence-electron chi connectivity index (χ4n) is 1.76. The lowest BCUT2D eigenvalue weighted by molar-refractivity contribution is -0.190. The Hall–Kier alpha value is -1.92. The predicted molar refractivity (Wildman–Crippen MR) is 71.2 cm³/mol. The molecule has 20 heavy (non-hydrogen) atoms. The molecule has 1 aromatic rings. The molecule has 0 spiro atoms. The summed E-state index contributed by atoms with van der Waals surface area (Å²) in [7, 11) is 3.64. The van der Waals surface area contributed by atoms with Gasteiger partial charge >= 0.3 is 12.1 Å². The molecular weight excluding hydrogens is 273 g/mol. The van der Waals surface area contributed by atoms with Crippen LogP contribution in [0, 0.1) is 12.8 Å². The van der Waals surface area contributed by atoms with E-state index in [0.717, 1.165) is 11.3 Å². The number of nitrogens with one attached hydrogen (secondary N) is 1. The first-order valence-electron chi connectivity index (χ1n) is 5.94. The minimum absolute atomic E-state index is 0.454. The van der Waals surface area contributed by atoms with Gasteiger partial charge in [-0.05, 0) is 24.6 Å². The molecule has 0 radical (unpaired) electrons. The number of carboxylic acids is 1. The molecular formula is C13H17F3N2O2. The Morgan fingerprint density at radius 3 is 2.45 bits per heavy atom. The number of aliphatic carboxylic acids is 1. The molecule has 1 rings (SSSR count). The summed E-state index contributed by atoms with van der Waals surface area (Å²) in [5.41, 5.74) is 2.29. The van der Waals surface area contributed by atoms with E-state index in [9.17, 15) is 18.0 Å². The number of anilines is 2. The van der Waals surface area contributed by atoms with E-state index in [1.165, 1.54) is 0 Å². The summed E-state index contributed by atoms with van der Waals surface area (Å²) in [5.74, 6) is -4.31. The third kappa shape index (κ3) is 4.04. The van der Waals surface area contributed by atoms with Crippen molar-refractivity contribution in [3.8, 4) is 0 Å². The number of carboxylic acid groups (broad SMARTS) is 1. The van der Waals surface area contributed by atoms with Gasteiger partial charge in [0.1, 0.15) is 0 Å². The van der Waals surface area contributed by atoms with Crippen LogP contribution in [0.15, 0.2) is 18.2 Å². The van der Waals surface area contributed by atoms with E-state index >= 15 is 0 Å². The van der Waals surface area contributed by atoms with Crippen molar-refractivity contribution in [3.05, 3.63) is 23.8 Å². The average Bonchev–Trinajstić information content (AvgIpc) is 2.28. The number of nitrogens with zero attached hydrogens (tertiary/aromatic N) is 1. The molecule has 0 fully saturated rings. The van der Waals surface area contributed by atoms with Crippen molar-refractivity contribution in [1.29, 1.82) is 0 Å². The molecule has 0 amide bonds. The van der Waals surface area contributed by atoms with Crippen LogP contribution in [-0.2, 0) is 4.79 Å². The third-order valence-electron chi connectivity index (χ3n) is 2.89. The topological polar surface area (TPSA) is 52.6 Å². The Kier molecular flexibility index (Phi) is 4.86. The Morgan fingerprint density at radius 2 is 2.00 bits per heavy atom. The van der Waals surface area contributed by atoms with Gasteiger partial charge in [0.25, 0.3) is 0 Å². The fourth-order valence-corrected chi connectivity index (χ4v) is 1.76. The monoisotopic (exact) mass is 290 g/mol. The summed E-state index contributed by atoms with van der Waals surface area (Å²) in [4.78, 5) is 12.5. The molecule has 112 valence electrons. The molecule has 2 N–H and O–H groups in total. The number of benzene rings is 1. The molecule has 1 unspecified atom stereocenters. The van der Waals surface area contributed by atoms with Gasteiger partial charge in [-0.3, -0.25) is 4.79 Å². The van der Waals surface area contributed by atoms with Gasteiger partial charge in [0, 0.05) is 32.0 Å². The Bertz CT molecular complexity index is 487. The van der Waals surface area contributed by atoms with Crippen LogP contribution in [0.1, 0.15) is 5.56 Å². The zero-order valence-electron chi connectivity index (χ0n) is 11.5. The first-order valence-corrected chi connectivity index (χ1v) is 5.94. The second-order valence-corrected chi connectivity index (χ2v) is 4.71. The summed E-state index contributed by atoms with van der Waals surface area (Å²) in [6.45, 7) is 1.18. The molecule has 0 bridgehead atoms. The van der Waals surface area contributed by atoms with Crippen molar-refractivity contribution in [2.75, 3.05) is 30.9 Å². The van der Waals surface area contributed by atoms with Gasteiger partial charge in [-0.2, -0.15) is 13.2 Å². The molecule has 0 heterocycles. The normalized spacial score (nSPS) is 12.9. The van der Waals surface area contributed by atoms with Gasteiger partial charge in [-0.1, -0.05) is 6.07 Å². The highest BCUT2D eigenvalue weighted by atomic mass is 19.4. The van der Waals surface area contributed by atoms with E-state index in [1.54, 1.807) is 18.2 Å². The molecule has 0 aromatic heterocycles. The number of aryl methyl sites for hydroxylation is 1. The van der Waals surface area contributed by atoms with Gasteiger partial charge in [0.2, 0.25) is 0 Å². The lowest BCUT2D eigenvalue weighted by Crippen LogP contribution is -2.36. The zero-order chi connectivity index (χ0) is 15.5. The van der Waals surface area contributed by atoms with Crippen molar-refractivity contribution in [3.63, 3.8) is 0 Å². The summed E-state index contributed by atoms with van der Waals surface area (Å²) in [6.07, 6.45) is -4.77. The molecule has 0 aliphatic heterocycles. The second kappa shape index (κ2) is 6.02. The number of hydrogen-bond acceptors (Lipinski definition) is 3. The minimum atomic E-state index is -4.77. The van der Waals surface area contributed by atoms with Crippen molar-refractivity contribution < 1.29 is 23.1 Å². The van der Waals surface area contributed by atoms with Crippen LogP contribution in [0.3, 0.4) is 0 Å². The highest BCUT2D eigenvalue weighted by Gasteiger charge is 2.44. The van der Waals surface area contributed by atoms with Gasteiger partial charge < -0.3 is 15.3 Å². The average molecular weight is 290 g/mol. The zero-order valence-corrected chi connectivity index (χ0v) is 11.5. The van der Waals surface area contributed by atoms with Crippen molar-refractivity contribution in [2.24, 2.45) is 5.92 Å². The Balaban J connectivity index is 2.84. The van der Waals surface area contributed by atoms with E-state index in [-0.39, 0.29) is 0 Å². The van der Waals surface area contributed by atoms with Crippen molar-refractivity contribution >= 4 is 17.3 Å². The van der Waals surface area contributed by atoms with E-state index in [2.05, 4.69) is 5.32 Å². The van der Waals surface area contributed by atoms with Crippen molar-refractivity contribution in [2.45, 2.75) is 13.1 Å². The maximum atomic E-state index is 12.5. The van der Waals surface area contributed by atoms with Crippen LogP contribution in [-0.4, -0.2) is 37.9 Å². The molecule has 1 atom stereocenters. The largest absolute Gasteiger partial charge is 0.481 e. The van der Waals surface area contributed by atoms with Gasteiger partial charge in [-0.25, -0.2) is 0 Å². The molecule has 4 nitrogen and oxygen atoms in total. The van der Waals surface area contributed by atoms with Gasteiger partial charge in [-0.15, -0.1) is 0 Å². The number of carbonyl (C=O) groups is 1. The quantitative estimate of drug-likeness (QED) is 0.875. The molecule has 0 aliphatic carbocycles. The molecule has 1 aromatic carbocycles. The SMILES string of the molecule is Cc1ccc(NCC(C(=O)O)C(F)(F)F)cc1N(C)C. The summed E-state index contributed by atoms with van der Waals surface area (Å²) in [5, 5.41) is 11.1. The number of hydrogen-bond donors (Lipinski definition) is 2. The number of rotatable bonds is 5.